The zero-order chi connectivity index (χ0) is 26.0. The number of carboxylic acids is 1. The Hall–Kier alpha value is -3.60. The van der Waals surface area contributed by atoms with Crippen molar-refractivity contribution in [3.8, 4) is 0 Å². The largest absolute Gasteiger partial charge is 0.481 e. The molecule has 0 bridgehead atoms. The van der Waals surface area contributed by atoms with Crippen LogP contribution in [0.1, 0.15) is 57.2 Å². The highest BCUT2D eigenvalue weighted by Crippen LogP contribution is 2.38. The van der Waals surface area contributed by atoms with E-state index in [0.29, 0.717) is 13.0 Å². The molecule has 0 spiro atoms. The molecular weight excluding hydrogens is 499 g/mol. The van der Waals surface area contributed by atoms with Crippen LogP contribution in [-0.2, 0) is 30.4 Å². The first-order chi connectivity index (χ1) is 17.0. The summed E-state index contributed by atoms with van der Waals surface area (Å²) in [5.41, 5.74) is 6.26. The fourth-order valence-electron chi connectivity index (χ4n) is 4.26. The van der Waals surface area contributed by atoms with Crippen LogP contribution in [0, 0.1) is 0 Å². The number of pyridine rings is 1. The van der Waals surface area contributed by atoms with Gasteiger partial charge in [0.1, 0.15) is 5.82 Å². The molecule has 0 aliphatic carbocycles. The van der Waals surface area contributed by atoms with Crippen LogP contribution < -0.4 is 11.1 Å². The summed E-state index contributed by atoms with van der Waals surface area (Å²) in [4.78, 5) is 28.4. The Morgan fingerprint density at radius 2 is 2.03 bits per heavy atom. The lowest BCUT2D eigenvalue weighted by molar-refractivity contribution is -0.137. The summed E-state index contributed by atoms with van der Waals surface area (Å²) in [6, 6.07) is 7.04. The van der Waals surface area contributed by atoms with Crippen molar-refractivity contribution >= 4 is 29.3 Å². The van der Waals surface area contributed by atoms with Crippen molar-refractivity contribution in [2.24, 2.45) is 5.73 Å². The molecule has 3 aromatic rings. The molecule has 0 saturated carbocycles. The number of nitrogens with two attached hydrogens (primary N) is 1. The van der Waals surface area contributed by atoms with E-state index in [1.165, 1.54) is 16.9 Å². The average Bonchev–Trinajstić information content (AvgIpc) is 3.25. The molecule has 1 aromatic carbocycles. The van der Waals surface area contributed by atoms with Gasteiger partial charge < -0.3 is 16.2 Å². The van der Waals surface area contributed by atoms with Gasteiger partial charge in [-0.05, 0) is 42.2 Å². The minimum Gasteiger partial charge on any atom is -0.481 e. The molecule has 0 radical (unpaired) electrons. The van der Waals surface area contributed by atoms with E-state index < -0.39 is 41.0 Å². The summed E-state index contributed by atoms with van der Waals surface area (Å²) >= 11 is 5.73. The topological polar surface area (TPSA) is 123 Å². The van der Waals surface area contributed by atoms with Gasteiger partial charge in [0.05, 0.1) is 28.3 Å². The summed E-state index contributed by atoms with van der Waals surface area (Å²) in [7, 11) is 0. The number of aryl methyl sites for hydroxylation is 3. The number of carbonyl (C=O) groups excluding carboxylic acids is 1. The van der Waals surface area contributed by atoms with Crippen LogP contribution >= 0.6 is 11.6 Å². The Kier molecular flexibility index (Phi) is 7.21. The highest BCUT2D eigenvalue weighted by atomic mass is 35.5. The molecule has 2 aromatic heterocycles. The number of nitrogens with one attached hydrogen (secondary N) is 1. The number of aromatic nitrogens is 3. The number of hydrogen-bond donors (Lipinski definition) is 3. The van der Waals surface area contributed by atoms with E-state index >= 15 is 0 Å². The molecule has 36 heavy (non-hydrogen) atoms. The molecule has 1 unspecified atom stereocenters. The van der Waals surface area contributed by atoms with Gasteiger partial charge >= 0.3 is 12.1 Å². The quantitative estimate of drug-likeness (QED) is 0.407. The van der Waals surface area contributed by atoms with Crippen LogP contribution in [0.2, 0.25) is 5.02 Å². The van der Waals surface area contributed by atoms with Crippen molar-refractivity contribution in [2.75, 3.05) is 11.9 Å². The highest BCUT2D eigenvalue weighted by molar-refractivity contribution is 6.31. The van der Waals surface area contributed by atoms with Crippen LogP contribution in [0.25, 0.3) is 0 Å². The molecular formula is C24H23ClF3N5O3. The first-order valence-corrected chi connectivity index (χ1v) is 11.6. The van der Waals surface area contributed by atoms with Gasteiger partial charge in [0, 0.05) is 37.3 Å². The van der Waals surface area contributed by atoms with E-state index in [2.05, 4.69) is 15.4 Å². The first-order valence-electron chi connectivity index (χ1n) is 11.2. The van der Waals surface area contributed by atoms with Gasteiger partial charge in [0.25, 0.3) is 5.91 Å². The zero-order valence-electron chi connectivity index (χ0n) is 19.0. The lowest BCUT2D eigenvalue weighted by atomic mass is 9.89. The third-order valence-electron chi connectivity index (χ3n) is 6.01. The number of fused-ring (bicyclic) bond motifs is 1. The van der Waals surface area contributed by atoms with Gasteiger partial charge in [-0.2, -0.15) is 18.3 Å². The lowest BCUT2D eigenvalue weighted by Gasteiger charge is -2.18. The van der Waals surface area contributed by atoms with E-state index in [-0.39, 0.29) is 16.8 Å². The van der Waals surface area contributed by atoms with Crippen molar-refractivity contribution in [3.05, 3.63) is 75.2 Å². The van der Waals surface area contributed by atoms with E-state index in [1.807, 2.05) is 12.1 Å². The Morgan fingerprint density at radius 3 is 2.72 bits per heavy atom. The number of carboxylic acid groups (broad SMARTS) is 1. The number of alkyl halides is 3. The van der Waals surface area contributed by atoms with Gasteiger partial charge in [-0.3, -0.25) is 14.3 Å². The molecule has 1 aliphatic heterocycles. The standard InChI is InChI=1S/C24H23ClF3N5O3/c25-19-6-4-14(10-18(19)24(26,27)28)16(11-20(34)35)21-17(22(29)36)12-33(32-21)9-7-15-5-3-13-2-1-8-30-23(13)31-15/h3-6,10,12,16H,1-2,7-9,11H2,(H2,29,36)(H,30,31)(H,34,35). The van der Waals surface area contributed by atoms with Gasteiger partial charge in [0.15, 0.2) is 0 Å². The Balaban J connectivity index is 1.66. The second-order valence-electron chi connectivity index (χ2n) is 8.53. The molecule has 1 amide bonds. The fraction of sp³-hybridized carbons (Fsp3) is 0.333. The summed E-state index contributed by atoms with van der Waals surface area (Å²) < 4.78 is 41.7. The maximum absolute atomic E-state index is 13.4. The van der Waals surface area contributed by atoms with Gasteiger partial charge in [0.2, 0.25) is 0 Å². The molecule has 4 rings (SSSR count). The van der Waals surface area contributed by atoms with E-state index in [1.54, 1.807) is 0 Å². The van der Waals surface area contributed by atoms with Crippen molar-refractivity contribution in [1.29, 1.82) is 0 Å². The number of aliphatic carboxylic acids is 1. The van der Waals surface area contributed by atoms with Crippen molar-refractivity contribution < 1.29 is 27.9 Å². The smallest absolute Gasteiger partial charge is 0.417 e. The number of hydrogen-bond acceptors (Lipinski definition) is 5. The maximum atomic E-state index is 13.4. The van der Waals surface area contributed by atoms with Crippen molar-refractivity contribution in [2.45, 2.75) is 44.3 Å². The monoisotopic (exact) mass is 521 g/mol. The molecule has 1 aliphatic rings. The van der Waals surface area contributed by atoms with Crippen molar-refractivity contribution in [1.82, 2.24) is 14.8 Å². The van der Waals surface area contributed by atoms with Crippen molar-refractivity contribution in [3.63, 3.8) is 0 Å². The lowest BCUT2D eigenvalue weighted by Crippen LogP contribution is -2.17. The number of nitrogens with zero attached hydrogens (tertiary/aromatic N) is 3. The minimum absolute atomic E-state index is 0.00398. The summed E-state index contributed by atoms with van der Waals surface area (Å²) in [5.74, 6) is -2.47. The average molecular weight is 522 g/mol. The Bertz CT molecular complexity index is 1310. The predicted octanol–water partition coefficient (Wildman–Crippen LogP) is 4.26. The normalized spacial score (nSPS) is 14.1. The number of rotatable bonds is 8. The summed E-state index contributed by atoms with van der Waals surface area (Å²) in [6.07, 6.45) is -1.53. The highest BCUT2D eigenvalue weighted by Gasteiger charge is 2.35. The molecule has 8 nitrogen and oxygen atoms in total. The van der Waals surface area contributed by atoms with Crippen LogP contribution in [0.3, 0.4) is 0 Å². The molecule has 12 heteroatoms. The van der Waals surface area contributed by atoms with Crippen LogP contribution in [0.15, 0.2) is 36.5 Å². The summed E-state index contributed by atoms with van der Waals surface area (Å²) in [6.45, 7) is 1.14. The number of primary amides is 1. The zero-order valence-corrected chi connectivity index (χ0v) is 19.7. The minimum atomic E-state index is -4.75. The van der Waals surface area contributed by atoms with E-state index in [9.17, 15) is 27.9 Å². The van der Waals surface area contributed by atoms with E-state index in [4.69, 9.17) is 17.3 Å². The van der Waals surface area contributed by atoms with Crippen LogP contribution in [0.4, 0.5) is 19.0 Å². The molecule has 0 fully saturated rings. The fourth-order valence-corrected chi connectivity index (χ4v) is 4.48. The molecule has 3 heterocycles. The van der Waals surface area contributed by atoms with Crippen LogP contribution in [0.5, 0.6) is 0 Å². The molecule has 1 atom stereocenters. The maximum Gasteiger partial charge on any atom is 0.417 e. The number of anilines is 1. The summed E-state index contributed by atoms with van der Waals surface area (Å²) in [5, 5.41) is 16.6. The SMILES string of the molecule is NC(=O)c1cn(CCc2ccc3c(n2)NCCC3)nc1C(CC(=O)O)c1ccc(Cl)c(C(F)(F)F)c1. The third kappa shape index (κ3) is 5.62. The van der Waals surface area contributed by atoms with E-state index in [0.717, 1.165) is 48.6 Å². The Labute approximate surface area is 209 Å². The molecule has 0 saturated heterocycles. The number of amides is 1. The first kappa shape index (κ1) is 25.5. The molecule has 4 N–H and O–H groups in total. The van der Waals surface area contributed by atoms with Gasteiger partial charge in [-0.25, -0.2) is 4.98 Å². The number of halogens is 4. The van der Waals surface area contributed by atoms with Crippen LogP contribution in [-0.4, -0.2) is 38.3 Å². The third-order valence-corrected chi connectivity index (χ3v) is 6.34. The Morgan fingerprint density at radius 1 is 1.25 bits per heavy atom. The number of carbonyl (C=O) groups is 2. The number of benzene rings is 1. The van der Waals surface area contributed by atoms with Gasteiger partial charge in [-0.1, -0.05) is 23.7 Å². The second-order valence-corrected chi connectivity index (χ2v) is 8.94. The predicted molar refractivity (Wildman–Crippen MR) is 126 cm³/mol. The van der Waals surface area contributed by atoms with Gasteiger partial charge in [-0.15, -0.1) is 0 Å². The second kappa shape index (κ2) is 10.2. The molecule has 190 valence electrons.